The zero-order valence-electron chi connectivity index (χ0n) is 20.2. The third-order valence-corrected chi connectivity index (χ3v) is 7.68. The molecule has 0 unspecified atom stereocenters. The second kappa shape index (κ2) is 8.59. The molecule has 190 valence electrons. The van der Waals surface area contributed by atoms with Gasteiger partial charge in [-0.3, -0.25) is 9.48 Å². The van der Waals surface area contributed by atoms with Crippen molar-refractivity contribution >= 4 is 28.5 Å². The lowest BCUT2D eigenvalue weighted by molar-refractivity contribution is -0.0390. The largest absolute Gasteiger partial charge is 0.366 e. The van der Waals surface area contributed by atoms with Gasteiger partial charge in [0.1, 0.15) is 17.4 Å². The molecular formula is C26H25ClFN7O2. The van der Waals surface area contributed by atoms with Crippen molar-refractivity contribution in [3.05, 3.63) is 63.5 Å². The molecule has 0 radical (unpaired) electrons. The van der Waals surface area contributed by atoms with E-state index in [1.54, 1.807) is 19.2 Å². The molecule has 7 rings (SSSR count). The van der Waals surface area contributed by atoms with Gasteiger partial charge in [-0.05, 0) is 49.8 Å². The molecule has 3 fully saturated rings. The van der Waals surface area contributed by atoms with E-state index in [4.69, 9.17) is 26.3 Å². The Bertz CT molecular complexity index is 1580. The van der Waals surface area contributed by atoms with Gasteiger partial charge in [-0.15, -0.1) is 0 Å². The molecule has 1 aliphatic heterocycles. The fraction of sp³-hybridized carbons (Fsp3) is 0.423. The van der Waals surface area contributed by atoms with E-state index in [9.17, 15) is 4.79 Å². The van der Waals surface area contributed by atoms with Crippen LogP contribution in [0.4, 0.5) is 10.3 Å². The van der Waals surface area contributed by atoms with Crippen LogP contribution in [-0.4, -0.2) is 48.7 Å². The van der Waals surface area contributed by atoms with E-state index in [1.165, 1.54) is 16.9 Å². The summed E-state index contributed by atoms with van der Waals surface area (Å²) in [5.74, 6) is 0.325. The summed E-state index contributed by atoms with van der Waals surface area (Å²) in [7, 11) is 1.57. The molecule has 37 heavy (non-hydrogen) atoms. The number of aryl methyl sites for hydroxylation is 1. The van der Waals surface area contributed by atoms with Crippen LogP contribution in [0.2, 0.25) is 5.02 Å². The zero-order chi connectivity index (χ0) is 25.3. The summed E-state index contributed by atoms with van der Waals surface area (Å²) >= 11 is 6.01. The second-order valence-electron chi connectivity index (χ2n) is 10.2. The van der Waals surface area contributed by atoms with Gasteiger partial charge in [0.2, 0.25) is 5.95 Å². The average molecular weight is 522 g/mol. The number of aromatic nitrogens is 6. The van der Waals surface area contributed by atoms with Crippen molar-refractivity contribution in [1.29, 1.82) is 0 Å². The third kappa shape index (κ3) is 4.18. The Morgan fingerprint density at radius 2 is 1.92 bits per heavy atom. The van der Waals surface area contributed by atoms with E-state index in [2.05, 4.69) is 21.3 Å². The van der Waals surface area contributed by atoms with Crippen LogP contribution in [0.1, 0.15) is 43.4 Å². The zero-order valence-corrected chi connectivity index (χ0v) is 21.0. The first-order chi connectivity index (χ1) is 17.9. The quantitative estimate of drug-likeness (QED) is 0.391. The molecule has 0 bridgehead atoms. The summed E-state index contributed by atoms with van der Waals surface area (Å²) in [4.78, 5) is 24.6. The molecule has 2 atom stereocenters. The van der Waals surface area contributed by atoms with Crippen molar-refractivity contribution in [2.75, 3.05) is 18.0 Å². The molecule has 0 N–H and O–H groups in total. The van der Waals surface area contributed by atoms with Crippen LogP contribution < -0.4 is 10.5 Å². The molecule has 11 heteroatoms. The van der Waals surface area contributed by atoms with E-state index in [-0.39, 0.29) is 33.9 Å². The van der Waals surface area contributed by atoms with E-state index >= 15 is 4.39 Å². The minimum Gasteiger partial charge on any atom is -0.366 e. The molecule has 3 aliphatic rings. The molecule has 3 aromatic heterocycles. The molecular weight excluding hydrogens is 497 g/mol. The van der Waals surface area contributed by atoms with Gasteiger partial charge in [0, 0.05) is 35.9 Å². The predicted octanol–water partition coefficient (Wildman–Crippen LogP) is 4.07. The first-order valence-corrected chi connectivity index (χ1v) is 13.0. The van der Waals surface area contributed by atoms with Crippen LogP contribution in [-0.2, 0) is 11.8 Å². The maximum Gasteiger partial charge on any atom is 0.293 e. The Hall–Kier alpha value is -3.37. The van der Waals surface area contributed by atoms with E-state index in [0.29, 0.717) is 42.1 Å². The number of halogens is 2. The lowest BCUT2D eigenvalue weighted by Crippen LogP contribution is -2.46. The maximum atomic E-state index is 15.1. The van der Waals surface area contributed by atoms with Crippen LogP contribution in [0, 0.1) is 11.7 Å². The minimum absolute atomic E-state index is 0.0123. The average Bonchev–Trinajstić information content (AvgIpc) is 3.84. The molecule has 1 saturated heterocycles. The summed E-state index contributed by atoms with van der Waals surface area (Å²) in [6, 6.07) is 4.90. The summed E-state index contributed by atoms with van der Waals surface area (Å²) in [6.45, 7) is 1.09. The SMILES string of the molecule is Cn1ncc2c(-c3ccc(Cl)cc3F)nc(N3C[C@@H](C4CC4)O[C@@H](c4cnn(C5CC5)c4)C3)nc2c1=O. The van der Waals surface area contributed by atoms with Crippen LogP contribution in [0.5, 0.6) is 0 Å². The first-order valence-electron chi connectivity index (χ1n) is 12.6. The standard InChI is InChI=1S/C26H25ClFN7O2/c1-33-25(36)24-19(10-29-33)23(18-7-4-16(27)8-20(18)28)31-26(32-24)34-12-21(14-2-3-14)37-22(13-34)15-9-30-35(11-15)17-5-6-17/h4,7-11,14,17,21-22H,2-3,5-6,12-13H2,1H3/t21-,22+/m0/s1. The number of fused-ring (bicyclic) bond motifs is 1. The van der Waals surface area contributed by atoms with Crippen LogP contribution in [0.25, 0.3) is 22.2 Å². The van der Waals surface area contributed by atoms with Crippen molar-refractivity contribution in [2.45, 2.75) is 43.9 Å². The molecule has 0 spiro atoms. The lowest BCUT2D eigenvalue weighted by atomic mass is 10.1. The number of morpholine rings is 1. The number of ether oxygens (including phenoxy) is 1. The highest BCUT2D eigenvalue weighted by Gasteiger charge is 2.40. The maximum absolute atomic E-state index is 15.1. The smallest absolute Gasteiger partial charge is 0.293 e. The van der Waals surface area contributed by atoms with Gasteiger partial charge in [0.25, 0.3) is 5.56 Å². The van der Waals surface area contributed by atoms with Gasteiger partial charge >= 0.3 is 0 Å². The first kappa shape index (κ1) is 22.8. The molecule has 1 aromatic carbocycles. The highest BCUT2D eigenvalue weighted by atomic mass is 35.5. The van der Waals surface area contributed by atoms with Gasteiger partial charge in [-0.2, -0.15) is 10.2 Å². The van der Waals surface area contributed by atoms with Gasteiger partial charge in [0.15, 0.2) is 0 Å². The summed E-state index contributed by atoms with van der Waals surface area (Å²) in [6.07, 6.45) is 9.83. The molecule has 2 aliphatic carbocycles. The second-order valence-corrected chi connectivity index (χ2v) is 10.7. The molecule has 4 heterocycles. The highest BCUT2D eigenvalue weighted by Crippen LogP contribution is 2.41. The number of benzene rings is 1. The Kier molecular flexibility index (Phi) is 5.30. The van der Waals surface area contributed by atoms with Crippen molar-refractivity contribution in [3.8, 4) is 11.3 Å². The van der Waals surface area contributed by atoms with Gasteiger partial charge < -0.3 is 9.64 Å². The Balaban J connectivity index is 1.34. The molecule has 0 amide bonds. The third-order valence-electron chi connectivity index (χ3n) is 7.45. The summed E-state index contributed by atoms with van der Waals surface area (Å²) in [5, 5.41) is 9.36. The monoisotopic (exact) mass is 521 g/mol. The fourth-order valence-electron chi connectivity index (χ4n) is 5.04. The Labute approximate surface area is 216 Å². The van der Waals surface area contributed by atoms with E-state index < -0.39 is 5.82 Å². The summed E-state index contributed by atoms with van der Waals surface area (Å²) < 4.78 is 24.8. The number of nitrogens with zero attached hydrogens (tertiary/aromatic N) is 7. The van der Waals surface area contributed by atoms with Crippen LogP contribution >= 0.6 is 11.6 Å². The van der Waals surface area contributed by atoms with Crippen molar-refractivity contribution in [2.24, 2.45) is 13.0 Å². The van der Waals surface area contributed by atoms with E-state index in [0.717, 1.165) is 31.2 Å². The van der Waals surface area contributed by atoms with Gasteiger partial charge in [0.05, 0.1) is 42.2 Å². The van der Waals surface area contributed by atoms with Crippen molar-refractivity contribution in [3.63, 3.8) is 0 Å². The highest BCUT2D eigenvalue weighted by molar-refractivity contribution is 6.30. The van der Waals surface area contributed by atoms with Gasteiger partial charge in [-0.1, -0.05) is 11.6 Å². The van der Waals surface area contributed by atoms with Crippen LogP contribution in [0.15, 0.2) is 41.6 Å². The van der Waals surface area contributed by atoms with E-state index in [1.807, 2.05) is 10.9 Å². The number of hydrogen-bond donors (Lipinski definition) is 0. The number of anilines is 1. The summed E-state index contributed by atoms with van der Waals surface area (Å²) in [5.41, 5.74) is 1.40. The fourth-order valence-corrected chi connectivity index (χ4v) is 5.20. The normalized spacial score (nSPS) is 22.1. The van der Waals surface area contributed by atoms with Gasteiger partial charge in [-0.25, -0.2) is 19.0 Å². The lowest BCUT2D eigenvalue weighted by Gasteiger charge is -2.38. The Morgan fingerprint density at radius 3 is 2.68 bits per heavy atom. The van der Waals surface area contributed by atoms with Crippen molar-refractivity contribution < 1.29 is 9.13 Å². The topological polar surface area (TPSA) is 91.0 Å². The number of hydrogen-bond acceptors (Lipinski definition) is 7. The van der Waals surface area contributed by atoms with Crippen LogP contribution in [0.3, 0.4) is 0 Å². The molecule has 4 aromatic rings. The Morgan fingerprint density at radius 1 is 1.08 bits per heavy atom. The predicted molar refractivity (Wildman–Crippen MR) is 136 cm³/mol. The van der Waals surface area contributed by atoms with Crippen molar-refractivity contribution in [1.82, 2.24) is 29.5 Å². The number of rotatable bonds is 5. The minimum atomic E-state index is -0.526. The molecule has 2 saturated carbocycles. The molecule has 9 nitrogen and oxygen atoms in total.